The van der Waals surface area contributed by atoms with Crippen molar-refractivity contribution in [3.63, 3.8) is 0 Å². The third-order valence-corrected chi connectivity index (χ3v) is 1.62. The van der Waals surface area contributed by atoms with Gasteiger partial charge in [0.15, 0.2) is 0 Å². The molecule has 0 bridgehead atoms. The van der Waals surface area contributed by atoms with E-state index in [9.17, 15) is 10.1 Å². The number of aromatic nitrogens is 1. The molecule has 5 nitrogen and oxygen atoms in total. The Kier molecular flexibility index (Phi) is 3.24. The van der Waals surface area contributed by atoms with Crippen LogP contribution in [0.1, 0.15) is 13.8 Å². The molecule has 1 rings (SSSR count). The highest BCUT2D eigenvalue weighted by Crippen LogP contribution is 2.26. The van der Waals surface area contributed by atoms with E-state index in [0.717, 1.165) is 6.20 Å². The Labute approximate surface area is 85.8 Å². The largest absolute Gasteiger partial charge is 0.474 e. The van der Waals surface area contributed by atoms with Gasteiger partial charge in [-0.1, -0.05) is 11.6 Å². The summed E-state index contributed by atoms with van der Waals surface area (Å²) in [5.41, 5.74) is -0.147. The smallest absolute Gasteiger partial charge is 0.289 e. The van der Waals surface area contributed by atoms with Crippen molar-refractivity contribution in [2.75, 3.05) is 0 Å². The minimum atomic E-state index is -0.558. The van der Waals surface area contributed by atoms with E-state index in [-0.39, 0.29) is 22.7 Å². The van der Waals surface area contributed by atoms with E-state index in [2.05, 4.69) is 4.98 Å². The molecular formula is C8H9ClN2O3. The number of halogens is 1. The fourth-order valence-electron chi connectivity index (χ4n) is 0.825. The van der Waals surface area contributed by atoms with Crippen LogP contribution in [0.4, 0.5) is 5.69 Å². The van der Waals surface area contributed by atoms with Gasteiger partial charge in [-0.15, -0.1) is 0 Å². The van der Waals surface area contributed by atoms with Crippen LogP contribution >= 0.6 is 11.6 Å². The van der Waals surface area contributed by atoms with Crippen molar-refractivity contribution in [1.29, 1.82) is 0 Å². The summed E-state index contributed by atoms with van der Waals surface area (Å²) in [6, 6.07) is 1.21. The molecule has 0 aromatic carbocycles. The Morgan fingerprint density at radius 3 is 2.71 bits per heavy atom. The Morgan fingerprint density at radius 2 is 2.29 bits per heavy atom. The minimum Gasteiger partial charge on any atom is -0.474 e. The fraction of sp³-hybridized carbons (Fsp3) is 0.375. The second-order valence-corrected chi connectivity index (χ2v) is 3.31. The molecule has 0 radical (unpaired) electrons. The summed E-state index contributed by atoms with van der Waals surface area (Å²) in [5.74, 6) is 0.215. The van der Waals surface area contributed by atoms with Gasteiger partial charge in [0.1, 0.15) is 11.2 Å². The lowest BCUT2D eigenvalue weighted by atomic mass is 10.4. The maximum atomic E-state index is 10.4. The van der Waals surface area contributed by atoms with E-state index in [1.165, 1.54) is 6.07 Å². The fourth-order valence-corrected chi connectivity index (χ4v) is 1.03. The van der Waals surface area contributed by atoms with E-state index >= 15 is 0 Å². The maximum Gasteiger partial charge on any atom is 0.289 e. The molecule has 0 aliphatic heterocycles. The molecule has 1 aromatic rings. The summed E-state index contributed by atoms with van der Waals surface area (Å²) < 4.78 is 5.21. The molecule has 0 amide bonds. The summed E-state index contributed by atoms with van der Waals surface area (Å²) >= 11 is 5.73. The Morgan fingerprint density at radius 1 is 1.64 bits per heavy atom. The standard InChI is InChI=1S/C8H9ClN2O3/c1-5(2)14-8-7(9)3-6(4-10-8)11(12)13/h3-5H,1-2H3. The van der Waals surface area contributed by atoms with Gasteiger partial charge in [-0.05, 0) is 13.8 Å². The first-order valence-electron chi connectivity index (χ1n) is 3.97. The molecule has 14 heavy (non-hydrogen) atoms. The molecule has 0 unspecified atom stereocenters. The SMILES string of the molecule is CC(C)Oc1ncc([N+](=O)[O-])cc1Cl. The van der Waals surface area contributed by atoms with Crippen LogP contribution in [0, 0.1) is 10.1 Å². The molecule has 76 valence electrons. The molecule has 0 spiro atoms. The summed E-state index contributed by atoms with van der Waals surface area (Å²) in [5, 5.41) is 10.5. The molecular weight excluding hydrogens is 208 g/mol. The van der Waals surface area contributed by atoms with Gasteiger partial charge in [-0.3, -0.25) is 10.1 Å². The summed E-state index contributed by atoms with van der Waals surface area (Å²) in [6.07, 6.45) is 1.05. The molecule has 0 aliphatic carbocycles. The second kappa shape index (κ2) is 4.23. The zero-order valence-corrected chi connectivity index (χ0v) is 8.49. The van der Waals surface area contributed by atoms with E-state index < -0.39 is 4.92 Å². The highest BCUT2D eigenvalue weighted by molar-refractivity contribution is 6.32. The van der Waals surface area contributed by atoms with Crippen LogP contribution in [-0.4, -0.2) is 16.0 Å². The van der Waals surface area contributed by atoms with E-state index in [0.29, 0.717) is 0 Å². The summed E-state index contributed by atoms with van der Waals surface area (Å²) in [4.78, 5) is 13.5. The van der Waals surface area contributed by atoms with Crippen LogP contribution in [-0.2, 0) is 0 Å². The van der Waals surface area contributed by atoms with Crippen LogP contribution in [0.25, 0.3) is 0 Å². The van der Waals surface area contributed by atoms with Crippen LogP contribution < -0.4 is 4.74 Å². The lowest BCUT2D eigenvalue weighted by Crippen LogP contribution is -2.07. The lowest BCUT2D eigenvalue weighted by molar-refractivity contribution is -0.385. The van der Waals surface area contributed by atoms with Gasteiger partial charge in [-0.25, -0.2) is 4.98 Å². The minimum absolute atomic E-state index is 0.0681. The van der Waals surface area contributed by atoms with Gasteiger partial charge in [0.2, 0.25) is 5.88 Å². The summed E-state index contributed by atoms with van der Waals surface area (Å²) in [6.45, 7) is 3.64. The molecule has 1 heterocycles. The number of pyridine rings is 1. The molecule has 0 aliphatic rings. The average molecular weight is 217 g/mol. The lowest BCUT2D eigenvalue weighted by Gasteiger charge is -2.08. The molecule has 0 N–H and O–H groups in total. The van der Waals surface area contributed by atoms with Crippen LogP contribution in [0.15, 0.2) is 12.3 Å². The quantitative estimate of drug-likeness (QED) is 0.575. The topological polar surface area (TPSA) is 65.3 Å². The van der Waals surface area contributed by atoms with Crippen molar-refractivity contribution in [3.8, 4) is 5.88 Å². The first-order valence-corrected chi connectivity index (χ1v) is 4.35. The number of ether oxygens (including phenoxy) is 1. The van der Waals surface area contributed by atoms with Gasteiger partial charge in [0.25, 0.3) is 5.69 Å². The van der Waals surface area contributed by atoms with Crippen LogP contribution in [0.2, 0.25) is 5.02 Å². The molecule has 6 heteroatoms. The van der Waals surface area contributed by atoms with Crippen molar-refractivity contribution in [3.05, 3.63) is 27.4 Å². The normalized spacial score (nSPS) is 10.3. The Bertz CT molecular complexity index is 354. The van der Waals surface area contributed by atoms with Crippen LogP contribution in [0.3, 0.4) is 0 Å². The Hall–Kier alpha value is -1.36. The van der Waals surface area contributed by atoms with Gasteiger partial charge in [0, 0.05) is 6.07 Å². The van der Waals surface area contributed by atoms with Crippen molar-refractivity contribution in [2.24, 2.45) is 0 Å². The summed E-state index contributed by atoms with van der Waals surface area (Å²) in [7, 11) is 0. The predicted molar refractivity (Wildman–Crippen MR) is 51.7 cm³/mol. The van der Waals surface area contributed by atoms with Gasteiger partial charge in [-0.2, -0.15) is 0 Å². The maximum absolute atomic E-state index is 10.4. The number of rotatable bonds is 3. The zero-order valence-electron chi connectivity index (χ0n) is 7.73. The predicted octanol–water partition coefficient (Wildman–Crippen LogP) is 2.43. The van der Waals surface area contributed by atoms with Gasteiger partial charge >= 0.3 is 0 Å². The van der Waals surface area contributed by atoms with E-state index in [1.807, 2.05) is 13.8 Å². The third kappa shape index (κ3) is 2.56. The monoisotopic (exact) mass is 216 g/mol. The van der Waals surface area contributed by atoms with Crippen molar-refractivity contribution in [2.45, 2.75) is 20.0 Å². The van der Waals surface area contributed by atoms with Gasteiger partial charge in [0.05, 0.1) is 11.0 Å². The van der Waals surface area contributed by atoms with Gasteiger partial charge < -0.3 is 4.74 Å². The van der Waals surface area contributed by atoms with E-state index in [1.54, 1.807) is 0 Å². The zero-order chi connectivity index (χ0) is 10.7. The molecule has 0 saturated carbocycles. The Balaban J connectivity index is 2.95. The second-order valence-electron chi connectivity index (χ2n) is 2.90. The number of nitro groups is 1. The first kappa shape index (κ1) is 10.7. The third-order valence-electron chi connectivity index (χ3n) is 1.35. The number of hydrogen-bond donors (Lipinski definition) is 0. The van der Waals surface area contributed by atoms with Crippen molar-refractivity contribution >= 4 is 17.3 Å². The highest BCUT2D eigenvalue weighted by Gasteiger charge is 2.12. The molecule has 0 fully saturated rings. The van der Waals surface area contributed by atoms with Crippen LogP contribution in [0.5, 0.6) is 5.88 Å². The highest BCUT2D eigenvalue weighted by atomic mass is 35.5. The van der Waals surface area contributed by atoms with Crippen molar-refractivity contribution < 1.29 is 9.66 Å². The number of hydrogen-bond acceptors (Lipinski definition) is 4. The molecule has 1 aromatic heterocycles. The molecule has 0 atom stereocenters. The molecule has 0 saturated heterocycles. The average Bonchev–Trinajstić information content (AvgIpc) is 2.07. The van der Waals surface area contributed by atoms with Crippen molar-refractivity contribution in [1.82, 2.24) is 4.98 Å². The number of nitrogens with zero attached hydrogens (tertiary/aromatic N) is 2. The first-order chi connectivity index (χ1) is 6.50. The van der Waals surface area contributed by atoms with E-state index in [4.69, 9.17) is 16.3 Å².